The van der Waals surface area contributed by atoms with Gasteiger partial charge in [0.15, 0.2) is 10.9 Å². The quantitative estimate of drug-likeness (QED) is 0.432. The number of guanidine groups is 1. The van der Waals surface area contributed by atoms with E-state index >= 15 is 0 Å². The molecule has 0 fully saturated rings. The summed E-state index contributed by atoms with van der Waals surface area (Å²) in [6.45, 7) is 7.05. The summed E-state index contributed by atoms with van der Waals surface area (Å²) < 4.78 is 7.15. The highest BCUT2D eigenvalue weighted by molar-refractivity contribution is 7.15. The number of aromatic nitrogens is 2. The number of thiazole rings is 1. The Morgan fingerprint density at radius 2 is 2.08 bits per heavy atom. The number of carbonyl (C=O) groups is 1. The number of rotatable bonds is 5. The number of nitrogens with one attached hydrogen (secondary N) is 3. The first-order chi connectivity index (χ1) is 11.4. The zero-order valence-corrected chi connectivity index (χ0v) is 15.2. The lowest BCUT2D eigenvalue weighted by molar-refractivity contribution is 0.0529. The monoisotopic (exact) mass is 352 g/mol. The summed E-state index contributed by atoms with van der Waals surface area (Å²) in [5.74, 6) is 0.650. The summed E-state index contributed by atoms with van der Waals surface area (Å²) in [4.78, 5) is 21.1. The standard InChI is InChI=1S/C15H24N6O2S/c1-15(2,3)23-14(22)18-6-5-17-12(16-4)19-9-11-10-21-7-8-24-13(21)20-11/h7-8,10H,5-6,9H2,1-4H3,(H,18,22)(H2,16,17,19). The first kappa shape index (κ1) is 18.1. The second kappa shape index (κ2) is 8.00. The van der Waals surface area contributed by atoms with Crippen LogP contribution in [0.5, 0.6) is 0 Å². The van der Waals surface area contributed by atoms with Crippen LogP contribution < -0.4 is 16.0 Å². The molecule has 0 spiro atoms. The average Bonchev–Trinajstić information content (AvgIpc) is 3.05. The second-order valence-corrected chi connectivity index (χ2v) is 6.98. The Morgan fingerprint density at radius 1 is 1.33 bits per heavy atom. The summed E-state index contributed by atoms with van der Waals surface area (Å²) in [7, 11) is 1.70. The van der Waals surface area contributed by atoms with Crippen molar-refractivity contribution in [2.75, 3.05) is 20.1 Å². The first-order valence-electron chi connectivity index (χ1n) is 7.70. The molecule has 0 aliphatic rings. The molecule has 9 heteroatoms. The maximum Gasteiger partial charge on any atom is 0.407 e. The number of nitrogens with zero attached hydrogens (tertiary/aromatic N) is 3. The van der Waals surface area contributed by atoms with Gasteiger partial charge in [-0.1, -0.05) is 0 Å². The lowest BCUT2D eigenvalue weighted by Crippen LogP contribution is -2.42. The van der Waals surface area contributed by atoms with Crippen LogP contribution in [-0.2, 0) is 11.3 Å². The fraction of sp³-hybridized carbons (Fsp3) is 0.533. The van der Waals surface area contributed by atoms with Gasteiger partial charge in [-0.05, 0) is 20.8 Å². The van der Waals surface area contributed by atoms with E-state index in [1.54, 1.807) is 18.4 Å². The molecule has 0 bridgehead atoms. The third-order valence-corrected chi connectivity index (χ3v) is 3.66. The van der Waals surface area contributed by atoms with Crippen LogP contribution in [0.3, 0.4) is 0 Å². The van der Waals surface area contributed by atoms with Gasteiger partial charge < -0.3 is 20.7 Å². The van der Waals surface area contributed by atoms with E-state index in [0.29, 0.717) is 25.6 Å². The number of carbonyl (C=O) groups excluding carboxylic acids is 1. The number of hydrogen-bond donors (Lipinski definition) is 3. The molecule has 0 unspecified atom stereocenters. The molecule has 0 aliphatic heterocycles. The minimum atomic E-state index is -0.493. The molecule has 132 valence electrons. The van der Waals surface area contributed by atoms with E-state index in [4.69, 9.17) is 4.74 Å². The van der Waals surface area contributed by atoms with Gasteiger partial charge in [0.05, 0.1) is 12.2 Å². The summed E-state index contributed by atoms with van der Waals surface area (Å²) in [6, 6.07) is 0. The number of alkyl carbamates (subject to hydrolysis) is 1. The third-order valence-electron chi connectivity index (χ3n) is 2.89. The first-order valence-corrected chi connectivity index (χ1v) is 8.58. The normalized spacial score (nSPS) is 12.2. The van der Waals surface area contributed by atoms with Crippen LogP contribution in [0.1, 0.15) is 26.5 Å². The molecule has 2 aromatic heterocycles. The molecule has 2 rings (SSSR count). The lowest BCUT2D eigenvalue weighted by Gasteiger charge is -2.19. The van der Waals surface area contributed by atoms with Crippen LogP contribution in [-0.4, -0.2) is 47.2 Å². The van der Waals surface area contributed by atoms with Crippen LogP contribution in [0.25, 0.3) is 4.96 Å². The van der Waals surface area contributed by atoms with Crippen molar-refractivity contribution >= 4 is 28.4 Å². The molecule has 0 saturated heterocycles. The average molecular weight is 352 g/mol. The molecule has 2 aromatic rings. The van der Waals surface area contributed by atoms with Crippen molar-refractivity contribution in [1.29, 1.82) is 0 Å². The van der Waals surface area contributed by atoms with E-state index in [9.17, 15) is 4.79 Å². The summed E-state index contributed by atoms with van der Waals surface area (Å²) in [6.07, 6.45) is 3.53. The number of hydrogen-bond acceptors (Lipinski definition) is 5. The predicted octanol–water partition coefficient (Wildman–Crippen LogP) is 1.59. The van der Waals surface area contributed by atoms with Gasteiger partial charge in [0.25, 0.3) is 0 Å². The predicted molar refractivity (Wildman–Crippen MR) is 95.5 cm³/mol. The number of fused-ring (bicyclic) bond motifs is 1. The maximum absolute atomic E-state index is 11.5. The van der Waals surface area contributed by atoms with Crippen molar-refractivity contribution in [3.05, 3.63) is 23.5 Å². The third kappa shape index (κ3) is 5.73. The zero-order valence-electron chi connectivity index (χ0n) is 14.4. The van der Waals surface area contributed by atoms with Gasteiger partial charge in [0.1, 0.15) is 5.60 Å². The van der Waals surface area contributed by atoms with Crippen LogP contribution >= 0.6 is 11.3 Å². The van der Waals surface area contributed by atoms with Crippen molar-refractivity contribution in [2.45, 2.75) is 32.9 Å². The van der Waals surface area contributed by atoms with Crippen molar-refractivity contribution in [1.82, 2.24) is 25.3 Å². The van der Waals surface area contributed by atoms with Gasteiger partial charge in [-0.25, -0.2) is 9.78 Å². The van der Waals surface area contributed by atoms with E-state index in [0.717, 1.165) is 10.7 Å². The molecule has 1 amide bonds. The fourth-order valence-corrected chi connectivity index (χ4v) is 2.63. The minimum absolute atomic E-state index is 0.426. The van der Waals surface area contributed by atoms with Crippen molar-refractivity contribution in [2.24, 2.45) is 4.99 Å². The molecule has 3 N–H and O–H groups in total. The molecule has 2 heterocycles. The lowest BCUT2D eigenvalue weighted by atomic mass is 10.2. The molecular formula is C15H24N6O2S. The molecular weight excluding hydrogens is 328 g/mol. The van der Waals surface area contributed by atoms with E-state index in [1.165, 1.54) is 0 Å². The zero-order chi connectivity index (χ0) is 17.6. The van der Waals surface area contributed by atoms with Crippen LogP contribution in [0.2, 0.25) is 0 Å². The molecule has 0 aliphatic carbocycles. The van der Waals surface area contributed by atoms with Gasteiger partial charge in [0, 0.05) is 37.9 Å². The molecule has 8 nitrogen and oxygen atoms in total. The summed E-state index contributed by atoms with van der Waals surface area (Å²) >= 11 is 1.60. The topological polar surface area (TPSA) is 92.0 Å². The van der Waals surface area contributed by atoms with E-state index in [2.05, 4.69) is 25.9 Å². The van der Waals surface area contributed by atoms with E-state index < -0.39 is 11.7 Å². The van der Waals surface area contributed by atoms with E-state index in [-0.39, 0.29) is 0 Å². The van der Waals surface area contributed by atoms with Crippen molar-refractivity contribution < 1.29 is 9.53 Å². The Hall–Kier alpha value is -2.29. The molecule has 0 saturated carbocycles. The summed E-state index contributed by atoms with van der Waals surface area (Å²) in [5.41, 5.74) is 0.449. The Kier molecular flexibility index (Phi) is 6.02. The number of imidazole rings is 1. The van der Waals surface area contributed by atoms with Gasteiger partial charge in [-0.2, -0.15) is 0 Å². The van der Waals surface area contributed by atoms with Crippen molar-refractivity contribution in [3.8, 4) is 0 Å². The minimum Gasteiger partial charge on any atom is -0.444 e. The summed E-state index contributed by atoms with van der Waals surface area (Å²) in [5, 5.41) is 11.0. The van der Waals surface area contributed by atoms with Gasteiger partial charge in [-0.3, -0.25) is 9.39 Å². The van der Waals surface area contributed by atoms with E-state index in [1.807, 2.05) is 42.9 Å². The van der Waals surface area contributed by atoms with Gasteiger partial charge >= 0.3 is 6.09 Å². The molecule has 0 aromatic carbocycles. The van der Waals surface area contributed by atoms with Crippen LogP contribution in [0.4, 0.5) is 4.79 Å². The maximum atomic E-state index is 11.5. The largest absolute Gasteiger partial charge is 0.444 e. The molecule has 0 atom stereocenters. The van der Waals surface area contributed by atoms with Crippen molar-refractivity contribution in [3.63, 3.8) is 0 Å². The number of ether oxygens (including phenoxy) is 1. The van der Waals surface area contributed by atoms with Crippen LogP contribution in [0, 0.1) is 0 Å². The Morgan fingerprint density at radius 3 is 2.75 bits per heavy atom. The Balaban J connectivity index is 1.67. The number of amides is 1. The molecule has 0 radical (unpaired) electrons. The molecule has 24 heavy (non-hydrogen) atoms. The highest BCUT2D eigenvalue weighted by Gasteiger charge is 2.15. The van der Waals surface area contributed by atoms with Crippen LogP contribution in [0.15, 0.2) is 22.8 Å². The Labute approximate surface area is 145 Å². The number of aliphatic imine (C=N–C) groups is 1. The van der Waals surface area contributed by atoms with Gasteiger partial charge in [-0.15, -0.1) is 11.3 Å². The van der Waals surface area contributed by atoms with Gasteiger partial charge in [0.2, 0.25) is 0 Å². The highest BCUT2D eigenvalue weighted by atomic mass is 32.1. The Bertz CT molecular complexity index is 672. The SMILES string of the molecule is CN=C(NCCNC(=O)OC(C)(C)C)NCc1cn2ccsc2n1. The highest BCUT2D eigenvalue weighted by Crippen LogP contribution is 2.10. The fourth-order valence-electron chi connectivity index (χ4n) is 1.92. The second-order valence-electron chi connectivity index (χ2n) is 6.11. The smallest absolute Gasteiger partial charge is 0.407 e.